The number of aromatic nitrogens is 2. The summed E-state index contributed by atoms with van der Waals surface area (Å²) in [4.78, 5) is 8.89. The fourth-order valence-electron chi connectivity index (χ4n) is 2.75. The molecule has 1 heterocycles. The average molecular weight is 394 g/mol. The van der Waals surface area contributed by atoms with Gasteiger partial charge in [0.05, 0.1) is 25.6 Å². The highest BCUT2D eigenvalue weighted by Crippen LogP contribution is 2.32. The maximum Gasteiger partial charge on any atom is 0.227 e. The summed E-state index contributed by atoms with van der Waals surface area (Å²) in [5.74, 6) is 2.39. The van der Waals surface area contributed by atoms with Crippen molar-refractivity contribution in [1.29, 1.82) is 0 Å². The van der Waals surface area contributed by atoms with Crippen molar-refractivity contribution >= 4 is 17.3 Å². The molecule has 0 amide bonds. The Hall–Kier alpha value is -3.48. The number of rotatable bonds is 6. The predicted octanol–water partition coefficient (Wildman–Crippen LogP) is 4.66. The summed E-state index contributed by atoms with van der Waals surface area (Å²) >= 11 is 0. The Balaban J connectivity index is 1.84. The molecular formula is C22H26N4O3. The summed E-state index contributed by atoms with van der Waals surface area (Å²) in [6.07, 6.45) is 1.70. The van der Waals surface area contributed by atoms with Gasteiger partial charge in [0.25, 0.3) is 0 Å². The third-order valence-corrected chi connectivity index (χ3v) is 4.02. The molecule has 3 N–H and O–H groups in total. The van der Waals surface area contributed by atoms with Crippen molar-refractivity contribution in [2.45, 2.75) is 26.4 Å². The molecule has 7 heteroatoms. The molecule has 0 radical (unpaired) electrons. The summed E-state index contributed by atoms with van der Waals surface area (Å²) in [6, 6.07) is 13.0. The molecule has 0 saturated carbocycles. The monoisotopic (exact) mass is 394 g/mol. The van der Waals surface area contributed by atoms with E-state index in [1.165, 1.54) is 0 Å². The topological polar surface area (TPSA) is 91.5 Å². The molecule has 0 unspecified atom stereocenters. The Morgan fingerprint density at radius 1 is 0.897 bits per heavy atom. The summed E-state index contributed by atoms with van der Waals surface area (Å²) in [7, 11) is 3.19. The molecular weight excluding hydrogens is 368 g/mol. The summed E-state index contributed by atoms with van der Waals surface area (Å²) in [5, 5.41) is 3.18. The van der Waals surface area contributed by atoms with Crippen LogP contribution in [0.5, 0.6) is 17.2 Å². The second-order valence-electron chi connectivity index (χ2n) is 7.43. The van der Waals surface area contributed by atoms with E-state index in [4.69, 9.17) is 19.9 Å². The van der Waals surface area contributed by atoms with E-state index in [0.717, 1.165) is 16.9 Å². The first-order valence-electron chi connectivity index (χ1n) is 9.20. The molecule has 0 atom stereocenters. The van der Waals surface area contributed by atoms with Gasteiger partial charge in [-0.2, -0.15) is 0 Å². The van der Waals surface area contributed by atoms with Crippen molar-refractivity contribution in [3.63, 3.8) is 0 Å². The highest BCUT2D eigenvalue weighted by atomic mass is 16.5. The SMILES string of the molecule is COc1ccc(Nc2nccc(-c3ccc(OC(C)(C)C)c(N)c3)n2)cc1OC. The fourth-order valence-corrected chi connectivity index (χ4v) is 2.75. The van der Waals surface area contributed by atoms with Gasteiger partial charge >= 0.3 is 0 Å². The van der Waals surface area contributed by atoms with E-state index in [2.05, 4.69) is 15.3 Å². The number of ether oxygens (including phenoxy) is 3. The molecule has 0 spiro atoms. The van der Waals surface area contributed by atoms with Gasteiger partial charge in [-0.05, 0) is 57.2 Å². The van der Waals surface area contributed by atoms with Gasteiger partial charge in [-0.25, -0.2) is 9.97 Å². The van der Waals surface area contributed by atoms with E-state index in [0.29, 0.717) is 28.9 Å². The number of nitrogen functional groups attached to an aromatic ring is 1. The van der Waals surface area contributed by atoms with Gasteiger partial charge in [-0.15, -0.1) is 0 Å². The smallest absolute Gasteiger partial charge is 0.227 e. The van der Waals surface area contributed by atoms with Gasteiger partial charge in [0.1, 0.15) is 11.4 Å². The third-order valence-electron chi connectivity index (χ3n) is 4.02. The lowest BCUT2D eigenvalue weighted by atomic mass is 10.1. The van der Waals surface area contributed by atoms with Crippen LogP contribution in [0.25, 0.3) is 11.3 Å². The molecule has 3 aromatic rings. The molecule has 3 rings (SSSR count). The van der Waals surface area contributed by atoms with Crippen LogP contribution >= 0.6 is 0 Å². The number of nitrogens with one attached hydrogen (secondary N) is 1. The number of anilines is 3. The maximum absolute atomic E-state index is 6.18. The molecule has 0 saturated heterocycles. The molecule has 0 aliphatic rings. The van der Waals surface area contributed by atoms with Crippen molar-refractivity contribution in [3.05, 3.63) is 48.7 Å². The van der Waals surface area contributed by atoms with E-state index >= 15 is 0 Å². The molecule has 0 aliphatic carbocycles. The molecule has 7 nitrogen and oxygen atoms in total. The van der Waals surface area contributed by atoms with Gasteiger partial charge in [0, 0.05) is 23.5 Å². The van der Waals surface area contributed by atoms with Gasteiger partial charge in [0.15, 0.2) is 11.5 Å². The number of nitrogens with two attached hydrogens (primary N) is 1. The molecule has 0 bridgehead atoms. The largest absolute Gasteiger partial charge is 0.493 e. The van der Waals surface area contributed by atoms with Crippen LogP contribution in [-0.4, -0.2) is 29.8 Å². The van der Waals surface area contributed by atoms with E-state index in [1.54, 1.807) is 20.4 Å². The standard InChI is InChI=1S/C22H26N4O3/c1-22(2,3)29-18-8-6-14(12-16(18)23)17-10-11-24-21(26-17)25-15-7-9-19(27-4)20(13-15)28-5/h6-13H,23H2,1-5H3,(H,24,25,26). The Morgan fingerprint density at radius 3 is 2.28 bits per heavy atom. The van der Waals surface area contributed by atoms with Crippen LogP contribution in [0.3, 0.4) is 0 Å². The predicted molar refractivity (Wildman–Crippen MR) is 115 cm³/mol. The van der Waals surface area contributed by atoms with E-state index in [-0.39, 0.29) is 5.60 Å². The van der Waals surface area contributed by atoms with Crippen molar-refractivity contribution in [1.82, 2.24) is 9.97 Å². The van der Waals surface area contributed by atoms with E-state index in [9.17, 15) is 0 Å². The zero-order valence-electron chi connectivity index (χ0n) is 17.3. The first-order valence-corrected chi connectivity index (χ1v) is 9.20. The zero-order valence-corrected chi connectivity index (χ0v) is 17.3. The van der Waals surface area contributed by atoms with Crippen LogP contribution in [0.2, 0.25) is 0 Å². The molecule has 29 heavy (non-hydrogen) atoms. The van der Waals surface area contributed by atoms with Gasteiger partial charge < -0.3 is 25.3 Å². The Bertz CT molecular complexity index is 1000. The van der Waals surface area contributed by atoms with Crippen molar-refractivity contribution in [3.8, 4) is 28.5 Å². The second kappa shape index (κ2) is 8.26. The molecule has 2 aromatic carbocycles. The minimum atomic E-state index is -0.318. The third kappa shape index (κ3) is 5.07. The highest BCUT2D eigenvalue weighted by molar-refractivity contribution is 5.69. The molecule has 152 valence electrons. The Morgan fingerprint density at radius 2 is 1.62 bits per heavy atom. The van der Waals surface area contributed by atoms with Crippen LogP contribution in [0.1, 0.15) is 20.8 Å². The lowest BCUT2D eigenvalue weighted by Gasteiger charge is -2.22. The molecule has 0 aliphatic heterocycles. The first-order chi connectivity index (χ1) is 13.8. The summed E-state index contributed by atoms with van der Waals surface area (Å²) in [5.41, 5.74) is 8.83. The molecule has 0 fully saturated rings. The average Bonchev–Trinajstić information content (AvgIpc) is 2.68. The Kier molecular flexibility index (Phi) is 5.77. The number of nitrogens with zero attached hydrogens (tertiary/aromatic N) is 2. The zero-order chi connectivity index (χ0) is 21.0. The lowest BCUT2D eigenvalue weighted by Crippen LogP contribution is -2.23. The van der Waals surface area contributed by atoms with Gasteiger partial charge in [-0.1, -0.05) is 0 Å². The van der Waals surface area contributed by atoms with Crippen molar-refractivity contribution in [2.24, 2.45) is 0 Å². The fraction of sp³-hybridized carbons (Fsp3) is 0.273. The highest BCUT2D eigenvalue weighted by Gasteiger charge is 2.14. The number of hydrogen-bond donors (Lipinski definition) is 2. The van der Waals surface area contributed by atoms with E-state index < -0.39 is 0 Å². The quantitative estimate of drug-likeness (QED) is 0.587. The lowest BCUT2D eigenvalue weighted by molar-refractivity contribution is 0.132. The van der Waals surface area contributed by atoms with Crippen molar-refractivity contribution in [2.75, 3.05) is 25.3 Å². The minimum absolute atomic E-state index is 0.318. The number of benzene rings is 2. The number of hydrogen-bond acceptors (Lipinski definition) is 7. The van der Waals surface area contributed by atoms with Crippen LogP contribution in [0.15, 0.2) is 48.7 Å². The van der Waals surface area contributed by atoms with E-state index in [1.807, 2.05) is 63.2 Å². The van der Waals surface area contributed by atoms with Crippen molar-refractivity contribution < 1.29 is 14.2 Å². The van der Waals surface area contributed by atoms with Crippen LogP contribution in [-0.2, 0) is 0 Å². The van der Waals surface area contributed by atoms with Gasteiger partial charge in [-0.3, -0.25) is 0 Å². The second-order valence-corrected chi connectivity index (χ2v) is 7.43. The van der Waals surface area contributed by atoms with Crippen LogP contribution < -0.4 is 25.3 Å². The van der Waals surface area contributed by atoms with Crippen LogP contribution in [0, 0.1) is 0 Å². The Labute approximate surface area is 170 Å². The van der Waals surface area contributed by atoms with Gasteiger partial charge in [0.2, 0.25) is 5.95 Å². The minimum Gasteiger partial charge on any atom is -0.493 e. The summed E-state index contributed by atoms with van der Waals surface area (Å²) < 4.78 is 16.5. The summed E-state index contributed by atoms with van der Waals surface area (Å²) in [6.45, 7) is 5.95. The van der Waals surface area contributed by atoms with Crippen LogP contribution in [0.4, 0.5) is 17.3 Å². The normalized spacial score (nSPS) is 11.1. The maximum atomic E-state index is 6.18. The number of methoxy groups -OCH3 is 2. The molecule has 1 aromatic heterocycles. The first kappa shape index (κ1) is 20.3.